The fraction of sp³-hybridized carbons (Fsp3) is 0.367. The Balaban J connectivity index is 1.21. The lowest BCUT2D eigenvalue weighted by molar-refractivity contribution is -0.117. The Bertz CT molecular complexity index is 1840. The Morgan fingerprint density at radius 1 is 1.08 bits per heavy atom. The van der Waals surface area contributed by atoms with Crippen molar-refractivity contribution in [2.75, 3.05) is 68.9 Å². The van der Waals surface area contributed by atoms with Gasteiger partial charge < -0.3 is 20.5 Å². The zero-order valence-electron chi connectivity index (χ0n) is 26.5. The van der Waals surface area contributed by atoms with E-state index in [1.165, 1.54) is 29.3 Å². The molecule has 0 radical (unpaired) electrons. The van der Waals surface area contributed by atoms with Crippen LogP contribution in [0.3, 0.4) is 0 Å². The fourth-order valence-electron chi connectivity index (χ4n) is 4.75. The summed E-state index contributed by atoms with van der Waals surface area (Å²) in [5.41, 5.74) is 0.935. The first kappa shape index (κ1) is 35.7. The van der Waals surface area contributed by atoms with Crippen molar-refractivity contribution in [3.63, 3.8) is 0 Å². The number of hydrogen-bond donors (Lipinski definition) is 4. The van der Waals surface area contributed by atoms with Crippen molar-refractivity contribution in [3.8, 4) is 5.75 Å². The highest BCUT2D eigenvalue weighted by Crippen LogP contribution is 2.37. The van der Waals surface area contributed by atoms with E-state index in [9.17, 15) is 13.2 Å². The van der Waals surface area contributed by atoms with Crippen LogP contribution in [0.15, 0.2) is 62.8 Å². The number of para-hydroxylation sites is 1. The molecule has 0 saturated carbocycles. The van der Waals surface area contributed by atoms with Crippen molar-refractivity contribution in [1.82, 2.24) is 30.0 Å². The Morgan fingerprint density at radius 3 is 2.56 bits per heavy atom. The number of nitrogens with zero attached hydrogens (tertiary/aromatic N) is 6. The van der Waals surface area contributed by atoms with Crippen molar-refractivity contribution >= 4 is 78.7 Å². The van der Waals surface area contributed by atoms with E-state index in [1.54, 1.807) is 51.3 Å². The predicted molar refractivity (Wildman–Crippen MR) is 188 cm³/mol. The smallest absolute Gasteiger partial charge is 0.240 e. The van der Waals surface area contributed by atoms with Crippen LogP contribution in [0.4, 0.5) is 28.3 Å². The first-order valence-electron chi connectivity index (χ1n) is 15.0. The summed E-state index contributed by atoms with van der Waals surface area (Å²) in [6.07, 6.45) is 1.42. The molecule has 0 atom stereocenters. The van der Waals surface area contributed by atoms with Gasteiger partial charge in [-0.3, -0.25) is 19.9 Å². The number of methoxy groups -OCH3 is 1. The van der Waals surface area contributed by atoms with Crippen LogP contribution in [-0.2, 0) is 14.6 Å². The molecule has 4 aromatic rings. The third-order valence-electron chi connectivity index (χ3n) is 7.34. The third-order valence-corrected chi connectivity index (χ3v) is 11.7. The molecule has 2 aromatic heterocycles. The van der Waals surface area contributed by atoms with Crippen molar-refractivity contribution in [3.05, 3.63) is 53.7 Å². The molecule has 18 heteroatoms. The first-order chi connectivity index (χ1) is 23.0. The largest absolute Gasteiger partial charge is 0.495 e. The summed E-state index contributed by atoms with van der Waals surface area (Å²) in [7, 11) is -2.02. The highest BCUT2D eigenvalue weighted by Gasteiger charge is 2.23. The Morgan fingerprint density at radius 2 is 1.83 bits per heavy atom. The van der Waals surface area contributed by atoms with Crippen molar-refractivity contribution in [2.45, 2.75) is 33.2 Å². The molecule has 0 unspecified atom stereocenters. The minimum atomic E-state index is -3.57. The molecule has 48 heavy (non-hydrogen) atoms. The number of β-amino-alcohol motifs (C(OH)–C–C–N with tert-alkyl or cyclic N) is 1. The summed E-state index contributed by atoms with van der Waals surface area (Å²) >= 11 is 9.03. The zero-order chi connectivity index (χ0) is 34.3. The standard InChI is InChI=1S/C30H36ClN9O5S3/c1-19(2)48(43,44)25-7-5-4-6-23(25)33-27-21(31)17-32-28(36-27)34-22-9-8-20(16-24(22)45-3)46-30-38-37-29(47-30)35-26(42)18-40-12-10-39(11-13-40)14-15-41/h4-9,16-17,19,41H,10-15,18H2,1-3H3,(H,35,37,42)(H2,32,33,34,36). The van der Waals surface area contributed by atoms with Crippen LogP contribution in [0.2, 0.25) is 5.02 Å². The van der Waals surface area contributed by atoms with E-state index >= 15 is 0 Å². The minimum absolute atomic E-state index is 0.135. The lowest BCUT2D eigenvalue weighted by Crippen LogP contribution is -2.49. The van der Waals surface area contributed by atoms with E-state index < -0.39 is 15.1 Å². The maximum absolute atomic E-state index is 12.9. The molecule has 0 spiro atoms. The van der Waals surface area contributed by atoms with Gasteiger partial charge in [0.1, 0.15) is 10.8 Å². The van der Waals surface area contributed by atoms with Gasteiger partial charge in [0.2, 0.25) is 17.0 Å². The predicted octanol–water partition coefficient (Wildman–Crippen LogP) is 4.36. The molecule has 2 aromatic carbocycles. The lowest BCUT2D eigenvalue weighted by Gasteiger charge is -2.33. The van der Waals surface area contributed by atoms with Crippen LogP contribution in [0.5, 0.6) is 5.75 Å². The molecule has 256 valence electrons. The number of nitrogens with one attached hydrogen (secondary N) is 3. The summed E-state index contributed by atoms with van der Waals surface area (Å²) in [5, 5.41) is 26.5. The second-order valence-corrected chi connectivity index (χ2v) is 16.1. The molecule has 3 heterocycles. The van der Waals surface area contributed by atoms with Crippen molar-refractivity contribution < 1.29 is 23.1 Å². The van der Waals surface area contributed by atoms with Crippen LogP contribution < -0.4 is 20.7 Å². The number of aliphatic hydroxyl groups excluding tert-OH is 1. The van der Waals surface area contributed by atoms with Gasteiger partial charge in [-0.1, -0.05) is 46.8 Å². The molecule has 1 aliphatic heterocycles. The molecule has 1 amide bonds. The molecule has 1 fully saturated rings. The quantitative estimate of drug-likeness (QED) is 0.135. The third kappa shape index (κ3) is 9.10. The van der Waals surface area contributed by atoms with Gasteiger partial charge in [0.15, 0.2) is 20.0 Å². The Kier molecular flexibility index (Phi) is 12.1. The van der Waals surface area contributed by atoms with Gasteiger partial charge >= 0.3 is 0 Å². The van der Waals surface area contributed by atoms with Gasteiger partial charge in [-0.15, -0.1) is 10.2 Å². The van der Waals surface area contributed by atoms with E-state index in [0.717, 1.165) is 31.1 Å². The Labute approximate surface area is 292 Å². The fourth-order valence-corrected chi connectivity index (χ4v) is 7.86. The molecule has 5 rings (SSSR count). The topological polar surface area (TPSA) is 175 Å². The second-order valence-electron chi connectivity index (χ2n) is 11.0. The van der Waals surface area contributed by atoms with E-state index in [4.69, 9.17) is 21.4 Å². The molecule has 0 aliphatic carbocycles. The summed E-state index contributed by atoms with van der Waals surface area (Å²) in [6, 6.07) is 12.1. The van der Waals surface area contributed by atoms with E-state index in [0.29, 0.717) is 33.1 Å². The number of carbonyl (C=O) groups is 1. The SMILES string of the molecule is COc1cc(Sc2nnc(NC(=O)CN3CCN(CCO)CC3)s2)ccc1Nc1ncc(Cl)c(Nc2ccccc2S(=O)(=O)C(C)C)n1. The van der Waals surface area contributed by atoms with Crippen LogP contribution in [0.1, 0.15) is 13.8 Å². The zero-order valence-corrected chi connectivity index (χ0v) is 29.7. The van der Waals surface area contributed by atoms with Crippen LogP contribution >= 0.6 is 34.7 Å². The van der Waals surface area contributed by atoms with E-state index in [2.05, 4.69) is 45.9 Å². The number of ether oxygens (including phenoxy) is 1. The van der Waals surface area contributed by atoms with Gasteiger partial charge in [0.25, 0.3) is 0 Å². The minimum Gasteiger partial charge on any atom is -0.495 e. The van der Waals surface area contributed by atoms with Gasteiger partial charge in [-0.25, -0.2) is 13.4 Å². The number of benzene rings is 2. The average Bonchev–Trinajstić information content (AvgIpc) is 3.50. The molecule has 4 N–H and O–H groups in total. The van der Waals surface area contributed by atoms with Crippen molar-refractivity contribution in [1.29, 1.82) is 0 Å². The summed E-state index contributed by atoms with van der Waals surface area (Å²) in [5.74, 6) is 0.800. The summed E-state index contributed by atoms with van der Waals surface area (Å²) < 4.78 is 32.1. The number of piperazine rings is 1. The number of hydrogen-bond acceptors (Lipinski definition) is 15. The molecular formula is C30H36ClN9O5S3. The number of aromatic nitrogens is 4. The average molecular weight is 734 g/mol. The summed E-state index contributed by atoms with van der Waals surface area (Å²) in [4.78, 5) is 26.6. The number of halogens is 1. The maximum atomic E-state index is 12.9. The maximum Gasteiger partial charge on any atom is 0.240 e. The van der Waals surface area contributed by atoms with Gasteiger partial charge in [-0.05, 0) is 44.2 Å². The highest BCUT2D eigenvalue weighted by atomic mass is 35.5. The normalized spacial score (nSPS) is 14.2. The van der Waals surface area contributed by atoms with E-state index in [-0.39, 0.29) is 40.7 Å². The molecule has 1 saturated heterocycles. The number of carbonyl (C=O) groups excluding carboxylic acids is 1. The second kappa shape index (κ2) is 16.2. The number of aliphatic hydroxyl groups is 1. The lowest BCUT2D eigenvalue weighted by atomic mass is 10.3. The van der Waals surface area contributed by atoms with Gasteiger partial charge in [0, 0.05) is 37.6 Å². The molecule has 0 bridgehead atoms. The van der Waals surface area contributed by atoms with Crippen LogP contribution in [-0.4, -0.2) is 108 Å². The van der Waals surface area contributed by atoms with Gasteiger partial charge in [-0.2, -0.15) is 4.98 Å². The number of sulfone groups is 1. The van der Waals surface area contributed by atoms with Crippen LogP contribution in [0, 0.1) is 0 Å². The van der Waals surface area contributed by atoms with E-state index in [1.807, 2.05) is 12.1 Å². The van der Waals surface area contributed by atoms with Crippen LogP contribution in [0.25, 0.3) is 0 Å². The number of amides is 1. The Hall–Kier alpha value is -3.58. The molecular weight excluding hydrogens is 698 g/mol. The number of anilines is 5. The first-order valence-corrected chi connectivity index (χ1v) is 18.6. The summed E-state index contributed by atoms with van der Waals surface area (Å²) in [6.45, 7) is 7.46. The molecule has 14 nitrogen and oxygen atoms in total. The molecule has 1 aliphatic rings. The van der Waals surface area contributed by atoms with Gasteiger partial charge in [0.05, 0.1) is 48.0 Å². The highest BCUT2D eigenvalue weighted by molar-refractivity contribution is 8.01. The van der Waals surface area contributed by atoms with Crippen molar-refractivity contribution in [2.24, 2.45) is 0 Å². The number of rotatable bonds is 14. The monoisotopic (exact) mass is 733 g/mol.